The molecule has 0 amide bonds. The predicted molar refractivity (Wildman–Crippen MR) is 66.9 cm³/mol. The first-order valence-corrected chi connectivity index (χ1v) is 7.23. The van der Waals surface area contributed by atoms with Gasteiger partial charge in [0.2, 0.25) is 0 Å². The Hall–Kier alpha value is 0. The van der Waals surface area contributed by atoms with Crippen molar-refractivity contribution in [2.45, 2.75) is 72.1 Å². The molecule has 0 aromatic carbocycles. The molecular weight excluding hydrogens is 180 g/mol. The molecular formula is C15H28. The molecule has 0 N–H and O–H groups in total. The summed E-state index contributed by atoms with van der Waals surface area (Å²) in [6.45, 7) is 7.26. The van der Waals surface area contributed by atoms with Gasteiger partial charge in [0.25, 0.3) is 0 Å². The molecule has 2 rings (SSSR count). The average molecular weight is 208 g/mol. The zero-order chi connectivity index (χ0) is 10.9. The Labute approximate surface area is 95.8 Å². The molecule has 0 aliphatic heterocycles. The van der Waals surface area contributed by atoms with E-state index in [2.05, 4.69) is 20.8 Å². The van der Waals surface area contributed by atoms with Crippen LogP contribution in [-0.2, 0) is 0 Å². The lowest BCUT2D eigenvalue weighted by molar-refractivity contribution is -0.0408. The molecule has 2 aliphatic carbocycles. The van der Waals surface area contributed by atoms with Gasteiger partial charge < -0.3 is 0 Å². The summed E-state index contributed by atoms with van der Waals surface area (Å²) in [5, 5.41) is 0. The third-order valence-corrected chi connectivity index (χ3v) is 5.57. The summed E-state index contributed by atoms with van der Waals surface area (Å²) in [5.41, 5.74) is 0.792. The van der Waals surface area contributed by atoms with Crippen molar-refractivity contribution in [3.63, 3.8) is 0 Å². The highest BCUT2D eigenvalue weighted by molar-refractivity contribution is 5.00. The third kappa shape index (κ3) is 1.85. The predicted octanol–water partition coefficient (Wildman–Crippen LogP) is 5.03. The Balaban J connectivity index is 2.02. The van der Waals surface area contributed by atoms with Crippen LogP contribution in [0, 0.1) is 23.2 Å². The molecule has 4 unspecified atom stereocenters. The van der Waals surface area contributed by atoms with E-state index < -0.39 is 0 Å². The van der Waals surface area contributed by atoms with Gasteiger partial charge in [0.1, 0.15) is 0 Å². The summed E-state index contributed by atoms with van der Waals surface area (Å²) in [4.78, 5) is 0. The first-order chi connectivity index (χ1) is 7.23. The second kappa shape index (κ2) is 4.47. The lowest BCUT2D eigenvalue weighted by atomic mass is 9.51. The molecule has 0 heterocycles. The van der Waals surface area contributed by atoms with Crippen LogP contribution in [0.5, 0.6) is 0 Å². The fourth-order valence-corrected chi connectivity index (χ4v) is 4.52. The van der Waals surface area contributed by atoms with Crippen molar-refractivity contribution < 1.29 is 0 Å². The molecule has 0 aromatic heterocycles. The number of rotatable bonds is 4. The first kappa shape index (κ1) is 11.5. The van der Waals surface area contributed by atoms with Crippen LogP contribution >= 0.6 is 0 Å². The molecule has 0 spiro atoms. The maximum atomic E-state index is 2.46. The molecule has 0 aromatic rings. The maximum Gasteiger partial charge on any atom is -0.0243 e. The van der Waals surface area contributed by atoms with Gasteiger partial charge in [-0.15, -0.1) is 0 Å². The van der Waals surface area contributed by atoms with Gasteiger partial charge >= 0.3 is 0 Å². The quantitative estimate of drug-likeness (QED) is 0.608. The molecule has 15 heavy (non-hydrogen) atoms. The van der Waals surface area contributed by atoms with E-state index in [9.17, 15) is 0 Å². The highest BCUT2D eigenvalue weighted by Crippen LogP contribution is 2.60. The molecule has 2 fully saturated rings. The van der Waals surface area contributed by atoms with Crippen molar-refractivity contribution in [3.05, 3.63) is 0 Å². The van der Waals surface area contributed by atoms with E-state index in [0.717, 1.165) is 23.2 Å². The summed E-state index contributed by atoms with van der Waals surface area (Å²) >= 11 is 0. The van der Waals surface area contributed by atoms with Gasteiger partial charge in [0, 0.05) is 0 Å². The fourth-order valence-electron chi connectivity index (χ4n) is 4.52. The summed E-state index contributed by atoms with van der Waals surface area (Å²) < 4.78 is 0. The van der Waals surface area contributed by atoms with E-state index in [0.29, 0.717) is 0 Å². The van der Waals surface area contributed by atoms with Crippen molar-refractivity contribution in [2.24, 2.45) is 23.2 Å². The van der Waals surface area contributed by atoms with E-state index in [1.54, 1.807) is 6.42 Å². The van der Waals surface area contributed by atoms with Crippen molar-refractivity contribution in [1.29, 1.82) is 0 Å². The smallest absolute Gasteiger partial charge is 0.0243 e. The van der Waals surface area contributed by atoms with Crippen LogP contribution in [0.25, 0.3) is 0 Å². The Bertz CT molecular complexity index is 204. The van der Waals surface area contributed by atoms with Crippen molar-refractivity contribution in [2.75, 3.05) is 0 Å². The lowest BCUT2D eigenvalue weighted by Crippen LogP contribution is -2.45. The monoisotopic (exact) mass is 208 g/mol. The normalized spacial score (nSPS) is 45.4. The molecule has 0 radical (unpaired) electrons. The Morgan fingerprint density at radius 3 is 2.33 bits per heavy atom. The fraction of sp³-hybridized carbons (Fsp3) is 1.00. The van der Waals surface area contributed by atoms with Gasteiger partial charge in [-0.1, -0.05) is 40.0 Å². The van der Waals surface area contributed by atoms with Gasteiger partial charge in [-0.05, 0) is 55.3 Å². The van der Waals surface area contributed by atoms with Crippen LogP contribution in [0.1, 0.15) is 72.1 Å². The van der Waals surface area contributed by atoms with Gasteiger partial charge in [0.15, 0.2) is 0 Å². The van der Waals surface area contributed by atoms with Gasteiger partial charge in [-0.3, -0.25) is 0 Å². The molecule has 0 heteroatoms. The largest absolute Gasteiger partial charge is 0.0654 e. The molecule has 0 nitrogen and oxygen atoms in total. The van der Waals surface area contributed by atoms with Crippen molar-refractivity contribution in [1.82, 2.24) is 0 Å². The van der Waals surface area contributed by atoms with Crippen LogP contribution in [0.15, 0.2) is 0 Å². The van der Waals surface area contributed by atoms with E-state index in [4.69, 9.17) is 0 Å². The minimum absolute atomic E-state index is 0.792. The second-order valence-corrected chi connectivity index (χ2v) is 6.23. The van der Waals surface area contributed by atoms with Crippen LogP contribution < -0.4 is 0 Å². The Morgan fingerprint density at radius 2 is 1.93 bits per heavy atom. The summed E-state index contributed by atoms with van der Waals surface area (Å²) in [5.74, 6) is 3.19. The summed E-state index contributed by atoms with van der Waals surface area (Å²) in [6, 6.07) is 0. The zero-order valence-corrected chi connectivity index (χ0v) is 10.9. The second-order valence-electron chi connectivity index (χ2n) is 6.23. The van der Waals surface area contributed by atoms with Gasteiger partial charge in [0.05, 0.1) is 0 Å². The molecule has 2 saturated carbocycles. The summed E-state index contributed by atoms with van der Waals surface area (Å²) in [7, 11) is 0. The van der Waals surface area contributed by atoms with Crippen LogP contribution in [-0.4, -0.2) is 0 Å². The highest BCUT2D eigenvalue weighted by Gasteiger charge is 2.50. The van der Waals surface area contributed by atoms with Gasteiger partial charge in [-0.25, -0.2) is 0 Å². The van der Waals surface area contributed by atoms with E-state index in [1.165, 1.54) is 44.9 Å². The topological polar surface area (TPSA) is 0 Å². The minimum atomic E-state index is 0.792. The number of hydrogen-bond acceptors (Lipinski definition) is 0. The van der Waals surface area contributed by atoms with Crippen molar-refractivity contribution in [3.8, 4) is 0 Å². The molecule has 4 atom stereocenters. The lowest BCUT2D eigenvalue weighted by Gasteiger charge is -2.54. The molecule has 88 valence electrons. The number of hydrogen-bond donors (Lipinski definition) is 0. The standard InChI is InChI=1S/C15H28/c1-4-6-13-9-10-15(13,5-2)14-8-7-12(3)11-14/h12-14H,4-11H2,1-3H3. The molecule has 0 bridgehead atoms. The zero-order valence-electron chi connectivity index (χ0n) is 10.9. The first-order valence-electron chi connectivity index (χ1n) is 7.23. The maximum absolute atomic E-state index is 2.46. The SMILES string of the molecule is CCCC1CCC1(CC)C1CCC(C)C1. The average Bonchev–Trinajstić information content (AvgIpc) is 2.62. The Kier molecular flexibility index (Phi) is 3.42. The van der Waals surface area contributed by atoms with Crippen LogP contribution in [0.2, 0.25) is 0 Å². The summed E-state index contributed by atoms with van der Waals surface area (Å²) in [6.07, 6.45) is 12.0. The van der Waals surface area contributed by atoms with Crippen molar-refractivity contribution >= 4 is 0 Å². The van der Waals surface area contributed by atoms with Gasteiger partial charge in [-0.2, -0.15) is 0 Å². The third-order valence-electron chi connectivity index (χ3n) is 5.57. The Morgan fingerprint density at radius 1 is 1.13 bits per heavy atom. The minimum Gasteiger partial charge on any atom is -0.0654 e. The highest BCUT2D eigenvalue weighted by atomic mass is 14.6. The van der Waals surface area contributed by atoms with Crippen LogP contribution in [0.3, 0.4) is 0 Å². The van der Waals surface area contributed by atoms with E-state index >= 15 is 0 Å². The molecule has 2 aliphatic rings. The van der Waals surface area contributed by atoms with E-state index in [1.807, 2.05) is 0 Å². The van der Waals surface area contributed by atoms with E-state index in [-0.39, 0.29) is 0 Å². The molecule has 0 saturated heterocycles. The van der Waals surface area contributed by atoms with Crippen LogP contribution in [0.4, 0.5) is 0 Å².